The molecule has 1 aliphatic carbocycles. The fraction of sp³-hybridized carbons (Fsp3) is 0.636. The molecule has 6 heteroatoms. The summed E-state index contributed by atoms with van der Waals surface area (Å²) in [5.74, 6) is 0.322. The van der Waals surface area contributed by atoms with Crippen LogP contribution in [0.15, 0.2) is 16.5 Å². The van der Waals surface area contributed by atoms with Crippen LogP contribution in [0.25, 0.3) is 0 Å². The molecular formula is C11H16N2O4. The number of nitro groups is 1. The minimum atomic E-state index is -0.548. The van der Waals surface area contributed by atoms with E-state index < -0.39 is 4.92 Å². The van der Waals surface area contributed by atoms with Gasteiger partial charge < -0.3 is 14.8 Å². The molecule has 2 atom stereocenters. The SMILES string of the molecule is O=[N+]([O-])c1ccc(CNC2CCCC(O)C2)o1. The Morgan fingerprint density at radius 1 is 1.53 bits per heavy atom. The van der Waals surface area contributed by atoms with Crippen molar-refractivity contribution in [3.63, 3.8) is 0 Å². The van der Waals surface area contributed by atoms with E-state index in [1.165, 1.54) is 6.07 Å². The molecule has 6 nitrogen and oxygen atoms in total. The topological polar surface area (TPSA) is 88.5 Å². The highest BCUT2D eigenvalue weighted by atomic mass is 16.6. The summed E-state index contributed by atoms with van der Waals surface area (Å²) in [6, 6.07) is 3.22. The predicted octanol–water partition coefficient (Wildman–Crippen LogP) is 1.58. The van der Waals surface area contributed by atoms with Crippen molar-refractivity contribution in [3.05, 3.63) is 28.0 Å². The van der Waals surface area contributed by atoms with Gasteiger partial charge in [0.15, 0.2) is 0 Å². The van der Waals surface area contributed by atoms with Crippen LogP contribution in [0.5, 0.6) is 0 Å². The molecule has 1 aromatic rings. The smallest absolute Gasteiger partial charge is 0.404 e. The molecule has 2 rings (SSSR count). The van der Waals surface area contributed by atoms with Gasteiger partial charge in [-0.05, 0) is 31.7 Å². The van der Waals surface area contributed by atoms with E-state index >= 15 is 0 Å². The Bertz CT molecular complexity index is 391. The lowest BCUT2D eigenvalue weighted by Gasteiger charge is -2.26. The summed E-state index contributed by atoms with van der Waals surface area (Å²) in [4.78, 5) is 9.87. The van der Waals surface area contributed by atoms with E-state index in [0.717, 1.165) is 25.7 Å². The average Bonchev–Trinajstić information content (AvgIpc) is 2.75. The Morgan fingerprint density at radius 3 is 3.00 bits per heavy atom. The molecule has 0 bridgehead atoms. The van der Waals surface area contributed by atoms with Crippen LogP contribution in [-0.4, -0.2) is 22.2 Å². The highest BCUT2D eigenvalue weighted by Crippen LogP contribution is 2.20. The third kappa shape index (κ3) is 3.28. The monoisotopic (exact) mass is 240 g/mol. The molecule has 1 aromatic heterocycles. The Morgan fingerprint density at radius 2 is 2.35 bits per heavy atom. The highest BCUT2D eigenvalue weighted by Gasteiger charge is 2.20. The van der Waals surface area contributed by atoms with Gasteiger partial charge >= 0.3 is 5.88 Å². The number of hydrogen-bond acceptors (Lipinski definition) is 5. The van der Waals surface area contributed by atoms with Gasteiger partial charge in [-0.3, -0.25) is 10.1 Å². The molecule has 17 heavy (non-hydrogen) atoms. The minimum absolute atomic E-state index is 0.229. The maximum atomic E-state index is 10.4. The zero-order valence-electron chi connectivity index (χ0n) is 9.46. The molecule has 1 fully saturated rings. The number of furan rings is 1. The first-order valence-electron chi connectivity index (χ1n) is 5.79. The molecule has 0 aliphatic heterocycles. The summed E-state index contributed by atoms with van der Waals surface area (Å²) < 4.78 is 5.04. The van der Waals surface area contributed by atoms with Crippen LogP contribution in [-0.2, 0) is 6.54 Å². The van der Waals surface area contributed by atoms with Gasteiger partial charge in [0.05, 0.1) is 18.7 Å². The quantitative estimate of drug-likeness (QED) is 0.616. The highest BCUT2D eigenvalue weighted by molar-refractivity contribution is 5.17. The van der Waals surface area contributed by atoms with Crippen molar-refractivity contribution >= 4 is 5.88 Å². The molecule has 2 unspecified atom stereocenters. The molecule has 94 valence electrons. The van der Waals surface area contributed by atoms with Crippen molar-refractivity contribution in [2.24, 2.45) is 0 Å². The maximum absolute atomic E-state index is 10.4. The van der Waals surface area contributed by atoms with E-state index in [1.54, 1.807) is 6.07 Å². The zero-order valence-corrected chi connectivity index (χ0v) is 9.46. The second-order valence-corrected chi connectivity index (χ2v) is 4.40. The molecule has 0 aromatic carbocycles. The van der Waals surface area contributed by atoms with E-state index in [0.29, 0.717) is 12.3 Å². The zero-order chi connectivity index (χ0) is 12.3. The summed E-state index contributed by atoms with van der Waals surface area (Å²) in [6.07, 6.45) is 3.41. The molecule has 0 amide bonds. The van der Waals surface area contributed by atoms with Crippen molar-refractivity contribution < 1.29 is 14.4 Å². The largest absolute Gasteiger partial charge is 0.433 e. The third-order valence-corrected chi connectivity index (χ3v) is 3.04. The second-order valence-electron chi connectivity index (χ2n) is 4.40. The summed E-state index contributed by atoms with van der Waals surface area (Å²) in [5.41, 5.74) is 0. The Labute approximate surface area is 98.8 Å². The first-order chi connectivity index (χ1) is 8.15. The van der Waals surface area contributed by atoms with Gasteiger partial charge in [-0.2, -0.15) is 0 Å². The van der Waals surface area contributed by atoms with Gasteiger partial charge in [-0.15, -0.1) is 0 Å². The first-order valence-corrected chi connectivity index (χ1v) is 5.79. The Balaban J connectivity index is 1.82. The van der Waals surface area contributed by atoms with Gasteiger partial charge in [-0.25, -0.2) is 0 Å². The van der Waals surface area contributed by atoms with Crippen molar-refractivity contribution in [1.82, 2.24) is 5.32 Å². The van der Waals surface area contributed by atoms with Crippen LogP contribution in [0.1, 0.15) is 31.4 Å². The number of aliphatic hydroxyl groups excluding tert-OH is 1. The Hall–Kier alpha value is -1.40. The van der Waals surface area contributed by atoms with E-state index in [-0.39, 0.29) is 18.0 Å². The van der Waals surface area contributed by atoms with Gasteiger partial charge in [0.1, 0.15) is 10.7 Å². The van der Waals surface area contributed by atoms with Gasteiger partial charge in [0.2, 0.25) is 0 Å². The second kappa shape index (κ2) is 5.29. The average molecular weight is 240 g/mol. The molecular weight excluding hydrogens is 224 g/mol. The molecule has 2 N–H and O–H groups in total. The summed E-state index contributed by atoms with van der Waals surface area (Å²) in [5, 5.41) is 23.2. The molecule has 0 radical (unpaired) electrons. The van der Waals surface area contributed by atoms with E-state index in [4.69, 9.17) is 4.42 Å². The maximum Gasteiger partial charge on any atom is 0.433 e. The van der Waals surface area contributed by atoms with Crippen molar-refractivity contribution in [1.29, 1.82) is 0 Å². The van der Waals surface area contributed by atoms with Crippen LogP contribution >= 0.6 is 0 Å². The van der Waals surface area contributed by atoms with Crippen LogP contribution in [0, 0.1) is 10.1 Å². The van der Waals surface area contributed by atoms with Gasteiger partial charge in [0, 0.05) is 6.04 Å². The van der Waals surface area contributed by atoms with E-state index in [1.807, 2.05) is 0 Å². The lowest BCUT2D eigenvalue weighted by molar-refractivity contribution is -0.402. The summed E-state index contributed by atoms with van der Waals surface area (Å²) in [7, 11) is 0. The standard InChI is InChI=1S/C11H16N2O4/c14-9-3-1-2-8(6-9)12-7-10-4-5-11(17-10)13(15)16/h4-5,8-9,12,14H,1-3,6-7H2. The fourth-order valence-corrected chi connectivity index (χ4v) is 2.15. The van der Waals surface area contributed by atoms with Crippen LogP contribution in [0.4, 0.5) is 5.88 Å². The number of nitrogens with zero attached hydrogens (tertiary/aromatic N) is 1. The molecule has 1 aliphatic rings. The number of hydrogen-bond donors (Lipinski definition) is 2. The first kappa shape index (κ1) is 12.1. The molecule has 0 spiro atoms. The van der Waals surface area contributed by atoms with Crippen molar-refractivity contribution in [2.45, 2.75) is 44.4 Å². The molecule has 1 saturated carbocycles. The van der Waals surface area contributed by atoms with E-state index in [9.17, 15) is 15.2 Å². The minimum Gasteiger partial charge on any atom is -0.404 e. The van der Waals surface area contributed by atoms with Gasteiger partial charge in [0.25, 0.3) is 0 Å². The Kier molecular flexibility index (Phi) is 3.75. The third-order valence-electron chi connectivity index (χ3n) is 3.04. The van der Waals surface area contributed by atoms with Crippen molar-refractivity contribution in [2.75, 3.05) is 0 Å². The number of aliphatic hydroxyl groups is 1. The van der Waals surface area contributed by atoms with Crippen LogP contribution in [0.2, 0.25) is 0 Å². The number of rotatable bonds is 4. The molecule has 0 saturated heterocycles. The van der Waals surface area contributed by atoms with Crippen LogP contribution in [0.3, 0.4) is 0 Å². The summed E-state index contributed by atoms with van der Waals surface area (Å²) >= 11 is 0. The van der Waals surface area contributed by atoms with Crippen LogP contribution < -0.4 is 5.32 Å². The summed E-state index contributed by atoms with van der Waals surface area (Å²) in [6.45, 7) is 0.464. The fourth-order valence-electron chi connectivity index (χ4n) is 2.15. The predicted molar refractivity (Wildman–Crippen MR) is 60.5 cm³/mol. The van der Waals surface area contributed by atoms with Gasteiger partial charge in [-0.1, -0.05) is 0 Å². The van der Waals surface area contributed by atoms with E-state index in [2.05, 4.69) is 5.32 Å². The molecule has 1 heterocycles. The normalized spacial score (nSPS) is 24.8. The van der Waals surface area contributed by atoms with Crippen molar-refractivity contribution in [3.8, 4) is 0 Å². The lowest BCUT2D eigenvalue weighted by Crippen LogP contribution is -2.35. The number of nitrogens with one attached hydrogen (secondary N) is 1. The lowest BCUT2D eigenvalue weighted by atomic mass is 9.93.